The van der Waals surface area contributed by atoms with Crippen molar-refractivity contribution in [2.45, 2.75) is 24.9 Å². The molecule has 1 N–H and O–H groups in total. The molecule has 6 heteroatoms. The second kappa shape index (κ2) is 5.94. The molecule has 1 atom stereocenters. The Morgan fingerprint density at radius 1 is 1.48 bits per heavy atom. The number of ether oxygens (including phenoxy) is 2. The van der Waals surface area contributed by atoms with Crippen LogP contribution < -0.4 is 0 Å². The number of hydrogen-bond acceptors (Lipinski definition) is 6. The van der Waals surface area contributed by atoms with Gasteiger partial charge in [-0.15, -0.1) is 0 Å². The molecule has 0 radical (unpaired) electrons. The van der Waals surface area contributed by atoms with Gasteiger partial charge in [-0.2, -0.15) is 5.26 Å². The van der Waals surface area contributed by atoms with E-state index in [0.29, 0.717) is 25.0 Å². The SMILES string of the molecule is COC(=O)C1(OC)CC=C(c2ccc(C#N)c(O)n2)CC1. The van der Waals surface area contributed by atoms with Gasteiger partial charge in [-0.1, -0.05) is 6.08 Å². The van der Waals surface area contributed by atoms with Gasteiger partial charge in [-0.05, 0) is 30.5 Å². The van der Waals surface area contributed by atoms with E-state index in [4.69, 9.17) is 14.7 Å². The molecule has 1 aromatic heterocycles. The zero-order chi connectivity index (χ0) is 15.5. The third kappa shape index (κ3) is 2.73. The summed E-state index contributed by atoms with van der Waals surface area (Å²) >= 11 is 0. The average Bonchev–Trinajstić information content (AvgIpc) is 2.54. The highest BCUT2D eigenvalue weighted by Gasteiger charge is 2.41. The number of rotatable bonds is 3. The van der Waals surface area contributed by atoms with Crippen molar-refractivity contribution in [3.05, 3.63) is 29.5 Å². The fraction of sp³-hybridized carbons (Fsp3) is 0.400. The third-order valence-electron chi connectivity index (χ3n) is 3.75. The Kier molecular flexibility index (Phi) is 4.24. The molecule has 0 aromatic carbocycles. The lowest BCUT2D eigenvalue weighted by Crippen LogP contribution is -2.42. The number of methoxy groups -OCH3 is 2. The first-order valence-corrected chi connectivity index (χ1v) is 6.49. The summed E-state index contributed by atoms with van der Waals surface area (Å²) in [4.78, 5) is 15.8. The molecule has 0 saturated carbocycles. The lowest BCUT2D eigenvalue weighted by atomic mass is 9.84. The zero-order valence-electron chi connectivity index (χ0n) is 11.9. The lowest BCUT2D eigenvalue weighted by Gasteiger charge is -2.32. The van der Waals surface area contributed by atoms with Gasteiger partial charge in [0.1, 0.15) is 11.6 Å². The predicted molar refractivity (Wildman–Crippen MR) is 74.2 cm³/mol. The minimum absolute atomic E-state index is 0.135. The first-order chi connectivity index (χ1) is 10.1. The van der Waals surface area contributed by atoms with E-state index in [-0.39, 0.29) is 11.4 Å². The smallest absolute Gasteiger partial charge is 0.338 e. The number of carbonyl (C=O) groups excluding carboxylic acids is 1. The number of carbonyl (C=O) groups is 1. The Morgan fingerprint density at radius 2 is 2.24 bits per heavy atom. The molecule has 0 saturated heterocycles. The van der Waals surface area contributed by atoms with Crippen LogP contribution in [0.15, 0.2) is 18.2 Å². The molecule has 0 spiro atoms. The molecule has 1 aliphatic carbocycles. The number of nitrogens with zero attached hydrogens (tertiary/aromatic N) is 2. The van der Waals surface area contributed by atoms with Crippen molar-refractivity contribution in [3.8, 4) is 11.9 Å². The van der Waals surface area contributed by atoms with Crippen LogP contribution >= 0.6 is 0 Å². The van der Waals surface area contributed by atoms with Gasteiger partial charge in [0, 0.05) is 13.5 Å². The van der Waals surface area contributed by atoms with Crippen LogP contribution in [0.2, 0.25) is 0 Å². The summed E-state index contributed by atoms with van der Waals surface area (Å²) in [6, 6.07) is 5.06. The van der Waals surface area contributed by atoms with E-state index in [0.717, 1.165) is 5.57 Å². The topological polar surface area (TPSA) is 92.4 Å². The maximum absolute atomic E-state index is 11.8. The second-order valence-electron chi connectivity index (χ2n) is 4.80. The van der Waals surface area contributed by atoms with Crippen molar-refractivity contribution in [1.29, 1.82) is 5.26 Å². The van der Waals surface area contributed by atoms with E-state index in [1.807, 2.05) is 12.1 Å². The summed E-state index contributed by atoms with van der Waals surface area (Å²) in [6.45, 7) is 0. The summed E-state index contributed by atoms with van der Waals surface area (Å²) in [5.74, 6) is -0.677. The van der Waals surface area contributed by atoms with Crippen molar-refractivity contribution < 1.29 is 19.4 Å². The molecular formula is C15H16N2O4. The van der Waals surface area contributed by atoms with Crippen LogP contribution in [0.1, 0.15) is 30.5 Å². The molecule has 1 unspecified atom stereocenters. The van der Waals surface area contributed by atoms with Gasteiger partial charge in [0.2, 0.25) is 5.88 Å². The molecule has 0 bridgehead atoms. The molecule has 0 amide bonds. The summed E-state index contributed by atoms with van der Waals surface area (Å²) in [6.07, 6.45) is 3.29. The summed E-state index contributed by atoms with van der Waals surface area (Å²) in [7, 11) is 2.82. The average molecular weight is 288 g/mol. The zero-order valence-corrected chi connectivity index (χ0v) is 11.9. The first-order valence-electron chi connectivity index (χ1n) is 6.49. The fourth-order valence-corrected chi connectivity index (χ4v) is 2.42. The Hall–Kier alpha value is -2.39. The van der Waals surface area contributed by atoms with E-state index in [1.165, 1.54) is 20.3 Å². The number of pyridine rings is 1. The molecule has 110 valence electrons. The summed E-state index contributed by atoms with van der Waals surface area (Å²) in [5, 5.41) is 18.4. The Balaban J connectivity index is 2.25. The fourth-order valence-electron chi connectivity index (χ4n) is 2.42. The van der Waals surface area contributed by atoms with Gasteiger partial charge in [0.25, 0.3) is 0 Å². The summed E-state index contributed by atoms with van der Waals surface area (Å²) in [5.41, 5.74) is 0.691. The van der Waals surface area contributed by atoms with Gasteiger partial charge in [0.05, 0.1) is 12.8 Å². The Morgan fingerprint density at radius 3 is 2.71 bits per heavy atom. The molecule has 1 aliphatic rings. The number of nitriles is 1. The number of hydrogen-bond donors (Lipinski definition) is 1. The predicted octanol–water partition coefficient (Wildman–Crippen LogP) is 1.78. The maximum atomic E-state index is 11.8. The number of esters is 1. The van der Waals surface area contributed by atoms with Crippen LogP contribution in [0.25, 0.3) is 5.57 Å². The molecule has 21 heavy (non-hydrogen) atoms. The molecular weight excluding hydrogens is 272 g/mol. The van der Waals surface area contributed by atoms with Crippen LogP contribution in [-0.4, -0.2) is 35.9 Å². The van der Waals surface area contributed by atoms with Crippen molar-refractivity contribution in [2.75, 3.05) is 14.2 Å². The molecule has 6 nitrogen and oxygen atoms in total. The molecule has 2 rings (SSSR count). The largest absolute Gasteiger partial charge is 0.492 e. The van der Waals surface area contributed by atoms with Gasteiger partial charge in [-0.3, -0.25) is 0 Å². The highest BCUT2D eigenvalue weighted by Crippen LogP contribution is 2.35. The maximum Gasteiger partial charge on any atom is 0.338 e. The van der Waals surface area contributed by atoms with Crippen molar-refractivity contribution >= 4 is 11.5 Å². The minimum Gasteiger partial charge on any atom is -0.492 e. The van der Waals surface area contributed by atoms with Crippen molar-refractivity contribution in [1.82, 2.24) is 4.98 Å². The minimum atomic E-state index is -0.951. The van der Waals surface area contributed by atoms with Crippen LogP contribution in [0.5, 0.6) is 5.88 Å². The van der Waals surface area contributed by atoms with E-state index in [2.05, 4.69) is 4.98 Å². The van der Waals surface area contributed by atoms with Gasteiger partial charge in [0.15, 0.2) is 5.60 Å². The normalized spacial score (nSPS) is 21.3. The van der Waals surface area contributed by atoms with Gasteiger partial charge < -0.3 is 14.6 Å². The van der Waals surface area contributed by atoms with Crippen LogP contribution in [-0.2, 0) is 14.3 Å². The first kappa shape index (κ1) is 15.0. The Bertz CT molecular complexity index is 633. The van der Waals surface area contributed by atoms with Crippen LogP contribution in [0.4, 0.5) is 0 Å². The van der Waals surface area contributed by atoms with Crippen molar-refractivity contribution in [3.63, 3.8) is 0 Å². The standard InChI is InChI=1S/C15H16N2O4/c1-20-14(19)15(21-2)7-5-10(6-8-15)12-4-3-11(9-16)13(18)17-12/h3-5H,6-8H2,1-2H3,(H,17,18). The van der Waals surface area contributed by atoms with E-state index in [1.54, 1.807) is 6.07 Å². The monoisotopic (exact) mass is 288 g/mol. The lowest BCUT2D eigenvalue weighted by molar-refractivity contribution is -0.166. The second-order valence-corrected chi connectivity index (χ2v) is 4.80. The van der Waals surface area contributed by atoms with Gasteiger partial charge >= 0.3 is 5.97 Å². The molecule has 0 fully saturated rings. The third-order valence-corrected chi connectivity index (χ3v) is 3.75. The Labute approximate surface area is 122 Å². The number of aromatic hydroxyl groups is 1. The van der Waals surface area contributed by atoms with Crippen molar-refractivity contribution in [2.24, 2.45) is 0 Å². The quantitative estimate of drug-likeness (QED) is 0.852. The van der Waals surface area contributed by atoms with E-state index < -0.39 is 11.6 Å². The van der Waals surface area contributed by atoms with Crippen LogP contribution in [0, 0.1) is 11.3 Å². The van der Waals surface area contributed by atoms with Crippen LogP contribution in [0.3, 0.4) is 0 Å². The highest BCUT2D eigenvalue weighted by molar-refractivity contribution is 5.81. The molecule has 0 aliphatic heterocycles. The van der Waals surface area contributed by atoms with E-state index >= 15 is 0 Å². The number of aromatic nitrogens is 1. The highest BCUT2D eigenvalue weighted by atomic mass is 16.6. The van der Waals surface area contributed by atoms with E-state index in [9.17, 15) is 9.90 Å². The number of allylic oxidation sites excluding steroid dienone is 1. The molecule has 1 aromatic rings. The van der Waals surface area contributed by atoms with Gasteiger partial charge in [-0.25, -0.2) is 9.78 Å². The summed E-state index contributed by atoms with van der Waals surface area (Å²) < 4.78 is 10.1. The molecule has 1 heterocycles.